The second-order valence-corrected chi connectivity index (χ2v) is 8.02. The third-order valence-electron chi connectivity index (χ3n) is 4.54. The van der Waals surface area contributed by atoms with Gasteiger partial charge in [-0.05, 0) is 55.7 Å². The summed E-state index contributed by atoms with van der Waals surface area (Å²) < 4.78 is 17.9. The summed E-state index contributed by atoms with van der Waals surface area (Å²) in [4.78, 5) is 9.08. The van der Waals surface area contributed by atoms with E-state index >= 15 is 0 Å². The summed E-state index contributed by atoms with van der Waals surface area (Å²) in [5, 5.41) is 8.90. The Morgan fingerprint density at radius 1 is 1.23 bits per heavy atom. The lowest BCUT2D eigenvalue weighted by atomic mass is 10.1. The molecule has 0 saturated heterocycles. The van der Waals surface area contributed by atoms with Crippen LogP contribution in [-0.4, -0.2) is 33.9 Å². The van der Waals surface area contributed by atoms with Gasteiger partial charge < -0.3 is 13.9 Å². The van der Waals surface area contributed by atoms with Gasteiger partial charge in [0.25, 0.3) is 5.89 Å². The molecular formula is C22H22N4O3S. The molecule has 0 aliphatic rings. The summed E-state index contributed by atoms with van der Waals surface area (Å²) in [5.41, 5.74) is 3.77. The number of hydrogen-bond donors (Lipinski definition) is 0. The van der Waals surface area contributed by atoms with E-state index in [1.165, 1.54) is 6.39 Å². The molecule has 0 N–H and O–H groups in total. The number of aromatic nitrogens is 4. The van der Waals surface area contributed by atoms with Crippen molar-refractivity contribution in [2.24, 2.45) is 0 Å². The smallest absolute Gasteiger partial charge is 0.263 e. The molecule has 0 bridgehead atoms. The molecule has 154 valence electrons. The third kappa shape index (κ3) is 4.55. The molecule has 4 rings (SSSR count). The van der Waals surface area contributed by atoms with Crippen LogP contribution in [0.5, 0.6) is 5.75 Å². The Bertz CT molecular complexity index is 1150. The number of pyridine rings is 1. The van der Waals surface area contributed by atoms with Gasteiger partial charge in [-0.2, -0.15) is 0 Å². The van der Waals surface area contributed by atoms with Crippen molar-refractivity contribution in [1.29, 1.82) is 0 Å². The molecule has 0 aliphatic heterocycles. The Kier molecular flexibility index (Phi) is 6.15. The molecule has 7 nitrogen and oxygen atoms in total. The number of benzene rings is 1. The molecule has 1 aromatic carbocycles. The summed E-state index contributed by atoms with van der Waals surface area (Å²) in [6, 6.07) is 7.81. The minimum atomic E-state index is -0.620. The molecule has 3 aromatic heterocycles. The van der Waals surface area contributed by atoms with E-state index in [1.54, 1.807) is 18.4 Å². The lowest BCUT2D eigenvalue weighted by Crippen LogP contribution is -2.12. The molecule has 3 heterocycles. The van der Waals surface area contributed by atoms with E-state index in [0.717, 1.165) is 32.8 Å². The van der Waals surface area contributed by atoms with E-state index in [-0.39, 0.29) is 0 Å². The molecule has 0 fully saturated rings. The van der Waals surface area contributed by atoms with Crippen molar-refractivity contribution in [2.45, 2.75) is 26.4 Å². The SMILES string of the molecule is COCC/C=C/c1cc(C(Oc2ccc3nc(C)sc3c2)c2nnco2)ncc1C. The van der Waals surface area contributed by atoms with Crippen LogP contribution in [0.1, 0.15) is 40.2 Å². The van der Waals surface area contributed by atoms with E-state index in [1.807, 2.05) is 44.3 Å². The van der Waals surface area contributed by atoms with Gasteiger partial charge in [-0.25, -0.2) is 4.98 Å². The van der Waals surface area contributed by atoms with Crippen LogP contribution in [0.15, 0.2) is 47.3 Å². The molecule has 0 saturated carbocycles. The lowest BCUT2D eigenvalue weighted by Gasteiger charge is -2.16. The van der Waals surface area contributed by atoms with Crippen LogP contribution in [0.2, 0.25) is 0 Å². The van der Waals surface area contributed by atoms with E-state index < -0.39 is 6.10 Å². The van der Waals surface area contributed by atoms with Crippen LogP contribution in [0.25, 0.3) is 16.3 Å². The van der Waals surface area contributed by atoms with Crippen molar-refractivity contribution < 1.29 is 13.9 Å². The fourth-order valence-corrected chi connectivity index (χ4v) is 3.89. The summed E-state index contributed by atoms with van der Waals surface area (Å²) in [7, 11) is 1.70. The standard InChI is InChI=1S/C22H22N4O3S/c1-14-12-23-19(10-16(14)6-4-5-9-27-3)21(22-26-24-13-28-22)29-17-7-8-18-20(11-17)30-15(2)25-18/h4,6-8,10-13,21H,5,9H2,1-3H3/b6-4+. The molecule has 0 spiro atoms. The Hall–Kier alpha value is -3.10. The first-order valence-corrected chi connectivity index (χ1v) is 10.4. The second-order valence-electron chi connectivity index (χ2n) is 6.79. The zero-order valence-corrected chi connectivity index (χ0v) is 17.8. The van der Waals surface area contributed by atoms with Gasteiger partial charge in [-0.1, -0.05) is 12.2 Å². The van der Waals surface area contributed by atoms with Gasteiger partial charge in [0.15, 0.2) is 0 Å². The maximum absolute atomic E-state index is 6.28. The first-order chi connectivity index (χ1) is 14.6. The summed E-state index contributed by atoms with van der Waals surface area (Å²) in [6.07, 6.45) is 7.49. The number of nitrogens with zero attached hydrogens (tertiary/aromatic N) is 4. The lowest BCUT2D eigenvalue weighted by molar-refractivity contribution is 0.203. The monoisotopic (exact) mass is 422 g/mol. The molecule has 1 atom stereocenters. The fraction of sp³-hybridized carbons (Fsp3) is 0.273. The van der Waals surface area contributed by atoms with Gasteiger partial charge in [0.2, 0.25) is 12.5 Å². The average Bonchev–Trinajstić information content (AvgIpc) is 3.39. The summed E-state index contributed by atoms with van der Waals surface area (Å²) in [5.74, 6) is 1.04. The normalized spacial score (nSPS) is 12.6. The molecule has 0 aliphatic carbocycles. The highest BCUT2D eigenvalue weighted by molar-refractivity contribution is 7.18. The largest absolute Gasteiger partial charge is 0.474 e. The highest BCUT2D eigenvalue weighted by atomic mass is 32.1. The Morgan fingerprint density at radius 3 is 2.93 bits per heavy atom. The van der Waals surface area contributed by atoms with E-state index in [4.69, 9.17) is 13.9 Å². The van der Waals surface area contributed by atoms with Crippen LogP contribution in [0, 0.1) is 13.8 Å². The van der Waals surface area contributed by atoms with Crippen LogP contribution >= 0.6 is 11.3 Å². The predicted molar refractivity (Wildman–Crippen MR) is 116 cm³/mol. The maximum atomic E-state index is 6.28. The zero-order valence-electron chi connectivity index (χ0n) is 17.0. The topological polar surface area (TPSA) is 83.2 Å². The van der Waals surface area contributed by atoms with Crippen molar-refractivity contribution in [3.05, 3.63) is 70.7 Å². The maximum Gasteiger partial charge on any atom is 0.263 e. The van der Waals surface area contributed by atoms with Crippen LogP contribution in [0.3, 0.4) is 0 Å². The van der Waals surface area contributed by atoms with Gasteiger partial charge >= 0.3 is 0 Å². The number of ether oxygens (including phenoxy) is 2. The second kappa shape index (κ2) is 9.15. The Labute approximate surface area is 178 Å². The minimum absolute atomic E-state index is 0.348. The highest BCUT2D eigenvalue weighted by Gasteiger charge is 2.24. The number of aryl methyl sites for hydroxylation is 2. The Morgan fingerprint density at radius 2 is 2.13 bits per heavy atom. The van der Waals surface area contributed by atoms with E-state index in [9.17, 15) is 0 Å². The van der Waals surface area contributed by atoms with Crippen LogP contribution in [-0.2, 0) is 4.74 Å². The summed E-state index contributed by atoms with van der Waals surface area (Å²) >= 11 is 1.63. The molecule has 1 unspecified atom stereocenters. The van der Waals surface area contributed by atoms with E-state index in [0.29, 0.717) is 23.9 Å². The number of hydrogen-bond acceptors (Lipinski definition) is 8. The minimum Gasteiger partial charge on any atom is -0.474 e. The molecule has 4 aromatic rings. The van der Waals surface area contributed by atoms with Crippen molar-refractivity contribution >= 4 is 27.6 Å². The number of fused-ring (bicyclic) bond motifs is 1. The average molecular weight is 423 g/mol. The van der Waals surface area contributed by atoms with Crippen LogP contribution < -0.4 is 4.74 Å². The molecule has 0 amide bonds. The molecular weight excluding hydrogens is 400 g/mol. The van der Waals surface area contributed by atoms with Gasteiger partial charge in [0, 0.05) is 19.9 Å². The molecule has 8 heteroatoms. The van der Waals surface area contributed by atoms with Crippen molar-refractivity contribution in [3.63, 3.8) is 0 Å². The zero-order chi connectivity index (χ0) is 20.9. The predicted octanol–water partition coefficient (Wildman–Crippen LogP) is 4.91. The summed E-state index contributed by atoms with van der Waals surface area (Å²) in [6.45, 7) is 4.69. The number of rotatable bonds is 8. The van der Waals surface area contributed by atoms with Crippen LogP contribution in [0.4, 0.5) is 0 Å². The number of methoxy groups -OCH3 is 1. The van der Waals surface area contributed by atoms with E-state index in [2.05, 4.69) is 32.3 Å². The molecule has 30 heavy (non-hydrogen) atoms. The quantitative estimate of drug-likeness (QED) is 0.373. The first-order valence-electron chi connectivity index (χ1n) is 9.56. The van der Waals surface area contributed by atoms with Crippen molar-refractivity contribution in [2.75, 3.05) is 13.7 Å². The highest BCUT2D eigenvalue weighted by Crippen LogP contribution is 2.31. The Balaban J connectivity index is 1.66. The van der Waals surface area contributed by atoms with Crippen molar-refractivity contribution in [3.8, 4) is 5.75 Å². The third-order valence-corrected chi connectivity index (χ3v) is 5.48. The first kappa shape index (κ1) is 20.2. The fourth-order valence-electron chi connectivity index (χ4n) is 3.04. The van der Waals surface area contributed by atoms with Crippen molar-refractivity contribution in [1.82, 2.24) is 20.2 Å². The van der Waals surface area contributed by atoms with Gasteiger partial charge in [-0.3, -0.25) is 4.98 Å². The van der Waals surface area contributed by atoms with Gasteiger partial charge in [0.1, 0.15) is 5.75 Å². The molecule has 0 radical (unpaired) electrons. The van der Waals surface area contributed by atoms with Gasteiger partial charge in [-0.15, -0.1) is 21.5 Å². The number of thiazole rings is 1. The van der Waals surface area contributed by atoms with Gasteiger partial charge in [0.05, 0.1) is 20.9 Å².